The Morgan fingerprint density at radius 2 is 1.95 bits per heavy atom. The molecule has 2 aromatic heterocycles. The third-order valence-corrected chi connectivity index (χ3v) is 4.61. The summed E-state index contributed by atoms with van der Waals surface area (Å²) in [6.07, 6.45) is 6.31. The van der Waals surface area contributed by atoms with E-state index in [9.17, 15) is 4.21 Å². The molecule has 114 valence electrons. The second-order valence-corrected chi connectivity index (χ2v) is 7.93. The summed E-state index contributed by atoms with van der Waals surface area (Å²) in [6.45, 7) is 2.13. The van der Waals surface area contributed by atoms with Crippen LogP contribution >= 0.6 is 0 Å². The smallest absolute Gasteiger partial charge is 0.137 e. The molecule has 3 aromatic rings. The Kier molecular flexibility index (Phi) is 3.74. The molecule has 1 atom stereocenters. The van der Waals surface area contributed by atoms with E-state index in [1.54, 1.807) is 0 Å². The van der Waals surface area contributed by atoms with Crippen molar-refractivity contribution in [2.75, 3.05) is 6.26 Å². The minimum atomic E-state index is -2.50. The van der Waals surface area contributed by atoms with Gasteiger partial charge in [-0.3, -0.25) is 4.78 Å². The number of H-pyrrole nitrogens is 1. The zero-order chi connectivity index (χ0) is 15.7. The van der Waals surface area contributed by atoms with Crippen molar-refractivity contribution in [3.63, 3.8) is 0 Å². The van der Waals surface area contributed by atoms with Crippen LogP contribution in [0.25, 0.3) is 22.2 Å². The van der Waals surface area contributed by atoms with E-state index in [0.717, 1.165) is 34.1 Å². The molecule has 22 heavy (non-hydrogen) atoms. The van der Waals surface area contributed by atoms with Gasteiger partial charge in [0, 0.05) is 39.3 Å². The van der Waals surface area contributed by atoms with Crippen LogP contribution in [0.4, 0.5) is 0 Å². The molecule has 2 heterocycles. The van der Waals surface area contributed by atoms with E-state index in [1.807, 2.05) is 36.7 Å². The van der Waals surface area contributed by atoms with Crippen LogP contribution in [0.3, 0.4) is 0 Å². The van der Waals surface area contributed by atoms with Crippen LogP contribution < -0.4 is 0 Å². The van der Waals surface area contributed by atoms with Crippen molar-refractivity contribution in [2.24, 2.45) is 0 Å². The maximum atomic E-state index is 11.6. The molecule has 1 aromatic carbocycles. The van der Waals surface area contributed by atoms with Gasteiger partial charge in [-0.15, -0.1) is 0 Å². The van der Waals surface area contributed by atoms with Crippen molar-refractivity contribution >= 4 is 20.8 Å². The topological polar surface area (TPSA) is 69.6 Å². The molecular weight excluding hydrogens is 294 g/mol. The maximum Gasteiger partial charge on any atom is 0.137 e. The summed E-state index contributed by atoms with van der Waals surface area (Å²) in [6, 6.07) is 10.0. The molecule has 0 bridgehead atoms. The second-order valence-electron chi connectivity index (χ2n) is 5.63. The Morgan fingerprint density at radius 3 is 2.59 bits per heavy atom. The molecule has 0 aliphatic heterocycles. The molecule has 0 spiro atoms. The summed E-state index contributed by atoms with van der Waals surface area (Å²) < 4.78 is 19.1. The number of benzene rings is 1. The van der Waals surface area contributed by atoms with Crippen LogP contribution in [0.2, 0.25) is 0 Å². The number of rotatable bonds is 4. The largest absolute Gasteiger partial charge is 0.346 e. The lowest BCUT2D eigenvalue weighted by atomic mass is 10.0. The van der Waals surface area contributed by atoms with Crippen LogP contribution in [0, 0.1) is 4.78 Å². The summed E-state index contributed by atoms with van der Waals surface area (Å²) in [4.78, 5) is 7.67. The van der Waals surface area contributed by atoms with Gasteiger partial charge in [0.15, 0.2) is 0 Å². The van der Waals surface area contributed by atoms with E-state index in [0.29, 0.717) is 5.75 Å². The number of nitrogens with one attached hydrogen (secondary N) is 2. The Labute approximate surface area is 130 Å². The fraction of sp³-hybridized carbons (Fsp3) is 0.235. The zero-order valence-corrected chi connectivity index (χ0v) is 13.5. The van der Waals surface area contributed by atoms with Gasteiger partial charge in [0.2, 0.25) is 0 Å². The molecule has 5 heteroatoms. The van der Waals surface area contributed by atoms with Crippen LogP contribution in [-0.4, -0.2) is 20.4 Å². The molecule has 0 fully saturated rings. The molecule has 0 aliphatic rings. The maximum absolute atomic E-state index is 11.6. The SMILES string of the molecule is CCc1c[nH]c2ncc(-c3ccc(CS(C)(=N)=O)cc3)cc12. The summed E-state index contributed by atoms with van der Waals surface area (Å²) in [7, 11) is -2.50. The fourth-order valence-electron chi connectivity index (χ4n) is 2.62. The number of hydrogen-bond donors (Lipinski definition) is 2. The molecule has 0 saturated heterocycles. The molecule has 0 amide bonds. The number of nitrogens with zero attached hydrogens (tertiary/aromatic N) is 1. The van der Waals surface area contributed by atoms with Gasteiger partial charge >= 0.3 is 0 Å². The quantitative estimate of drug-likeness (QED) is 0.765. The van der Waals surface area contributed by atoms with Gasteiger partial charge in [-0.2, -0.15) is 0 Å². The molecule has 0 saturated carbocycles. The van der Waals surface area contributed by atoms with Gasteiger partial charge in [0.1, 0.15) is 5.65 Å². The normalized spacial score (nSPS) is 14.1. The molecule has 0 radical (unpaired) electrons. The van der Waals surface area contributed by atoms with Crippen molar-refractivity contribution < 1.29 is 4.21 Å². The Morgan fingerprint density at radius 1 is 1.23 bits per heavy atom. The van der Waals surface area contributed by atoms with Crippen molar-refractivity contribution in [1.82, 2.24) is 9.97 Å². The third kappa shape index (κ3) is 3.04. The Balaban J connectivity index is 1.97. The average Bonchev–Trinajstić information content (AvgIpc) is 2.88. The lowest BCUT2D eigenvalue weighted by Gasteiger charge is -2.05. The van der Waals surface area contributed by atoms with Crippen LogP contribution in [-0.2, 0) is 21.9 Å². The highest BCUT2D eigenvalue weighted by molar-refractivity contribution is 7.90. The minimum absolute atomic E-state index is 0.294. The molecule has 3 rings (SSSR count). The summed E-state index contributed by atoms with van der Waals surface area (Å²) in [5, 5.41) is 1.16. The average molecular weight is 313 g/mol. The van der Waals surface area contributed by atoms with Crippen LogP contribution in [0.15, 0.2) is 42.7 Å². The van der Waals surface area contributed by atoms with E-state index < -0.39 is 9.73 Å². The number of hydrogen-bond acceptors (Lipinski definition) is 3. The lowest BCUT2D eigenvalue weighted by Crippen LogP contribution is -1.98. The van der Waals surface area contributed by atoms with E-state index in [2.05, 4.69) is 23.0 Å². The van der Waals surface area contributed by atoms with E-state index in [1.165, 1.54) is 11.8 Å². The first-order valence-electron chi connectivity index (χ1n) is 7.23. The predicted octanol–water partition coefficient (Wildman–Crippen LogP) is 3.97. The fourth-order valence-corrected chi connectivity index (χ4v) is 3.45. The predicted molar refractivity (Wildman–Crippen MR) is 91.4 cm³/mol. The molecular formula is C17H19N3OS. The number of aryl methyl sites for hydroxylation is 1. The highest BCUT2D eigenvalue weighted by Crippen LogP contribution is 2.25. The summed E-state index contributed by atoms with van der Waals surface area (Å²) in [5.41, 5.74) is 5.25. The van der Waals surface area contributed by atoms with E-state index in [4.69, 9.17) is 4.78 Å². The summed E-state index contributed by atoms with van der Waals surface area (Å²) >= 11 is 0. The Hall–Kier alpha value is -2.14. The number of pyridine rings is 1. The van der Waals surface area contributed by atoms with Gasteiger partial charge in [-0.05, 0) is 29.2 Å². The van der Waals surface area contributed by atoms with Crippen molar-refractivity contribution in [2.45, 2.75) is 19.1 Å². The van der Waals surface area contributed by atoms with Crippen molar-refractivity contribution in [1.29, 1.82) is 4.78 Å². The second kappa shape index (κ2) is 5.57. The third-order valence-electron chi connectivity index (χ3n) is 3.73. The first-order valence-corrected chi connectivity index (χ1v) is 9.36. The van der Waals surface area contributed by atoms with Crippen molar-refractivity contribution in [3.05, 3.63) is 53.9 Å². The van der Waals surface area contributed by atoms with Crippen LogP contribution in [0.5, 0.6) is 0 Å². The highest BCUT2D eigenvalue weighted by atomic mass is 32.2. The van der Waals surface area contributed by atoms with E-state index in [-0.39, 0.29) is 0 Å². The molecule has 1 unspecified atom stereocenters. The number of aromatic nitrogens is 2. The molecule has 2 N–H and O–H groups in total. The first kappa shape index (κ1) is 14.8. The first-order chi connectivity index (χ1) is 10.5. The Bertz CT molecular complexity index is 909. The van der Waals surface area contributed by atoms with Gasteiger partial charge in [0.05, 0.1) is 5.75 Å². The van der Waals surface area contributed by atoms with Crippen molar-refractivity contribution in [3.8, 4) is 11.1 Å². The van der Waals surface area contributed by atoms with Gasteiger partial charge in [-0.1, -0.05) is 31.2 Å². The molecule has 4 nitrogen and oxygen atoms in total. The lowest BCUT2D eigenvalue weighted by molar-refractivity contribution is 0.678. The monoisotopic (exact) mass is 313 g/mol. The zero-order valence-electron chi connectivity index (χ0n) is 12.7. The standard InChI is InChI=1S/C17H19N3OS/c1-3-13-9-19-17-16(13)8-15(10-20-17)14-6-4-12(5-7-14)11-22(2,18)21/h4-10,18H,3,11H2,1-2H3,(H,19,20). The highest BCUT2D eigenvalue weighted by Gasteiger charge is 2.07. The van der Waals surface area contributed by atoms with Gasteiger partial charge in [-0.25, -0.2) is 9.19 Å². The van der Waals surface area contributed by atoms with Crippen LogP contribution in [0.1, 0.15) is 18.1 Å². The van der Waals surface area contributed by atoms with Gasteiger partial charge in [0.25, 0.3) is 0 Å². The van der Waals surface area contributed by atoms with Gasteiger partial charge < -0.3 is 4.98 Å². The number of aromatic amines is 1. The summed E-state index contributed by atoms with van der Waals surface area (Å²) in [5.74, 6) is 0.294. The molecule has 0 aliphatic carbocycles. The minimum Gasteiger partial charge on any atom is -0.346 e. The van der Waals surface area contributed by atoms with E-state index >= 15 is 0 Å². The number of fused-ring (bicyclic) bond motifs is 1.